The maximum absolute atomic E-state index is 12.7. The van der Waals surface area contributed by atoms with Gasteiger partial charge in [-0.1, -0.05) is 34.1 Å². The quantitative estimate of drug-likeness (QED) is 0.269. The molecular formula is C21H13BrN2O4S. The molecular weight excluding hydrogens is 456 g/mol. The third-order valence-electron chi connectivity index (χ3n) is 4.08. The van der Waals surface area contributed by atoms with Gasteiger partial charge in [0.05, 0.1) is 5.69 Å². The highest BCUT2D eigenvalue weighted by molar-refractivity contribution is 9.10. The molecule has 29 heavy (non-hydrogen) atoms. The van der Waals surface area contributed by atoms with Gasteiger partial charge in [-0.2, -0.15) is 0 Å². The van der Waals surface area contributed by atoms with Crippen LogP contribution in [-0.4, -0.2) is 17.8 Å². The summed E-state index contributed by atoms with van der Waals surface area (Å²) in [5.74, 6) is -1.09. The van der Waals surface area contributed by atoms with Gasteiger partial charge in [-0.25, -0.2) is 9.80 Å². The number of hydrogen-bond acceptors (Lipinski definition) is 5. The molecule has 1 aliphatic rings. The van der Waals surface area contributed by atoms with Crippen molar-refractivity contribution in [1.82, 2.24) is 5.43 Å². The summed E-state index contributed by atoms with van der Waals surface area (Å²) < 4.78 is 6.23. The number of ether oxygens (including phenoxy) is 1. The molecule has 4 rings (SSSR count). The number of carbonyl (C=O) groups excluding carboxylic acids is 3. The summed E-state index contributed by atoms with van der Waals surface area (Å²) in [5.41, 5.74) is 3.66. The Morgan fingerprint density at radius 2 is 1.86 bits per heavy atom. The lowest BCUT2D eigenvalue weighted by Gasteiger charge is -2.14. The van der Waals surface area contributed by atoms with E-state index in [0.717, 1.165) is 4.47 Å². The predicted octanol–water partition coefficient (Wildman–Crippen LogP) is 4.19. The average molecular weight is 469 g/mol. The summed E-state index contributed by atoms with van der Waals surface area (Å²) in [4.78, 5) is 37.6. The van der Waals surface area contributed by atoms with Crippen molar-refractivity contribution >= 4 is 56.8 Å². The Labute approximate surface area is 178 Å². The predicted molar refractivity (Wildman–Crippen MR) is 113 cm³/mol. The number of thiophene rings is 1. The zero-order valence-electron chi connectivity index (χ0n) is 14.8. The molecule has 1 aromatic heterocycles. The van der Waals surface area contributed by atoms with Gasteiger partial charge >= 0.3 is 5.97 Å². The van der Waals surface area contributed by atoms with Crippen LogP contribution >= 0.6 is 27.3 Å². The monoisotopic (exact) mass is 468 g/mol. The lowest BCUT2D eigenvalue weighted by atomic mass is 10.1. The van der Waals surface area contributed by atoms with Crippen LogP contribution in [-0.2, 0) is 9.59 Å². The maximum Gasteiger partial charge on any atom is 0.353 e. The van der Waals surface area contributed by atoms with Gasteiger partial charge in [0.15, 0.2) is 0 Å². The molecule has 6 nitrogen and oxygen atoms in total. The number of nitrogens with zero attached hydrogens (tertiary/aromatic N) is 1. The van der Waals surface area contributed by atoms with E-state index in [0.29, 0.717) is 21.9 Å². The van der Waals surface area contributed by atoms with Gasteiger partial charge in [0.1, 0.15) is 16.2 Å². The molecule has 3 aromatic rings. The number of hydrazine groups is 1. The molecule has 0 spiro atoms. The number of rotatable bonds is 4. The normalized spacial score (nSPS) is 14.9. The van der Waals surface area contributed by atoms with E-state index in [2.05, 4.69) is 21.4 Å². The molecule has 0 saturated carbocycles. The van der Waals surface area contributed by atoms with E-state index in [1.165, 1.54) is 22.4 Å². The van der Waals surface area contributed by atoms with Crippen molar-refractivity contribution in [2.24, 2.45) is 0 Å². The van der Waals surface area contributed by atoms with Gasteiger partial charge in [0.2, 0.25) is 0 Å². The van der Waals surface area contributed by atoms with Gasteiger partial charge in [-0.15, -0.1) is 11.3 Å². The average Bonchev–Trinajstić information content (AvgIpc) is 3.34. The molecule has 0 bridgehead atoms. The van der Waals surface area contributed by atoms with Gasteiger partial charge in [0, 0.05) is 4.47 Å². The SMILES string of the molecule is O=C1NN(c2ccc(Br)cc2)C(=O)/C1=C\c1cccc(OC(=O)c2cccs2)c1. The molecule has 1 saturated heterocycles. The second-order valence-electron chi connectivity index (χ2n) is 6.06. The number of anilines is 1. The van der Waals surface area contributed by atoms with E-state index in [-0.39, 0.29) is 5.57 Å². The molecule has 0 aliphatic carbocycles. The fourth-order valence-corrected chi connectivity index (χ4v) is 3.58. The topological polar surface area (TPSA) is 75.7 Å². The van der Waals surface area contributed by atoms with Crippen LogP contribution in [0.4, 0.5) is 5.69 Å². The Hall–Kier alpha value is -3.23. The third-order valence-corrected chi connectivity index (χ3v) is 5.46. The fraction of sp³-hybridized carbons (Fsp3) is 0. The van der Waals surface area contributed by atoms with Crippen molar-refractivity contribution in [1.29, 1.82) is 0 Å². The van der Waals surface area contributed by atoms with Crippen LogP contribution in [0.5, 0.6) is 5.75 Å². The van der Waals surface area contributed by atoms with Crippen molar-refractivity contribution in [3.63, 3.8) is 0 Å². The molecule has 1 N–H and O–H groups in total. The Bertz CT molecular complexity index is 1120. The van der Waals surface area contributed by atoms with Crippen LogP contribution in [0.15, 0.2) is 76.1 Å². The van der Waals surface area contributed by atoms with E-state index >= 15 is 0 Å². The first-order valence-corrected chi connectivity index (χ1v) is 10.2. The van der Waals surface area contributed by atoms with Gasteiger partial charge in [0.25, 0.3) is 11.8 Å². The van der Waals surface area contributed by atoms with Crippen molar-refractivity contribution < 1.29 is 19.1 Å². The summed E-state index contributed by atoms with van der Waals surface area (Å²) in [5, 5.41) is 2.99. The summed E-state index contributed by atoms with van der Waals surface area (Å²) in [6, 6.07) is 17.1. The second kappa shape index (κ2) is 8.02. The van der Waals surface area contributed by atoms with E-state index in [9.17, 15) is 14.4 Å². The van der Waals surface area contributed by atoms with Crippen LogP contribution in [0.3, 0.4) is 0 Å². The summed E-state index contributed by atoms with van der Waals surface area (Å²) in [6.07, 6.45) is 1.47. The lowest BCUT2D eigenvalue weighted by molar-refractivity contribution is -0.117. The van der Waals surface area contributed by atoms with E-state index in [1.807, 2.05) is 0 Å². The molecule has 144 valence electrons. The van der Waals surface area contributed by atoms with E-state index < -0.39 is 17.8 Å². The number of benzene rings is 2. The number of halogens is 1. The van der Waals surface area contributed by atoms with Crippen LogP contribution in [0, 0.1) is 0 Å². The summed E-state index contributed by atoms with van der Waals surface area (Å²) in [7, 11) is 0. The highest BCUT2D eigenvalue weighted by atomic mass is 79.9. The smallest absolute Gasteiger partial charge is 0.353 e. The van der Waals surface area contributed by atoms with Crippen LogP contribution in [0.25, 0.3) is 6.08 Å². The highest BCUT2D eigenvalue weighted by Gasteiger charge is 2.34. The van der Waals surface area contributed by atoms with Gasteiger partial charge in [-0.05, 0) is 59.5 Å². The molecule has 0 atom stereocenters. The molecule has 0 unspecified atom stereocenters. The molecule has 2 heterocycles. The Kier molecular flexibility index (Phi) is 5.28. The number of nitrogens with one attached hydrogen (secondary N) is 1. The van der Waals surface area contributed by atoms with Crippen molar-refractivity contribution in [2.75, 3.05) is 5.01 Å². The summed E-state index contributed by atoms with van der Waals surface area (Å²) >= 11 is 4.62. The van der Waals surface area contributed by atoms with Gasteiger partial charge < -0.3 is 4.74 Å². The van der Waals surface area contributed by atoms with Crippen molar-refractivity contribution in [2.45, 2.75) is 0 Å². The van der Waals surface area contributed by atoms with Gasteiger partial charge in [-0.3, -0.25) is 15.0 Å². The molecule has 1 fully saturated rings. The first kappa shape index (κ1) is 19.1. The van der Waals surface area contributed by atoms with Crippen molar-refractivity contribution in [3.8, 4) is 5.75 Å². The zero-order valence-corrected chi connectivity index (χ0v) is 17.2. The lowest BCUT2D eigenvalue weighted by Crippen LogP contribution is -2.35. The first-order chi connectivity index (χ1) is 14.0. The molecule has 1 aliphatic heterocycles. The van der Waals surface area contributed by atoms with Crippen LogP contribution in [0.2, 0.25) is 0 Å². The molecule has 8 heteroatoms. The van der Waals surface area contributed by atoms with Crippen LogP contribution < -0.4 is 15.2 Å². The number of hydrogen-bond donors (Lipinski definition) is 1. The zero-order chi connectivity index (χ0) is 20.4. The second-order valence-corrected chi connectivity index (χ2v) is 7.92. The van der Waals surface area contributed by atoms with E-state index in [1.54, 1.807) is 66.0 Å². The molecule has 2 aromatic carbocycles. The molecule has 0 radical (unpaired) electrons. The van der Waals surface area contributed by atoms with E-state index in [4.69, 9.17) is 4.74 Å². The Morgan fingerprint density at radius 1 is 1.07 bits per heavy atom. The molecule has 2 amide bonds. The largest absolute Gasteiger partial charge is 0.422 e. The Balaban J connectivity index is 1.56. The summed E-state index contributed by atoms with van der Waals surface area (Å²) in [6.45, 7) is 0. The number of amides is 2. The standard InChI is InChI=1S/C21H13BrN2O4S/c22-14-6-8-15(9-7-14)24-20(26)17(19(25)23-24)12-13-3-1-4-16(11-13)28-21(27)18-5-2-10-29-18/h1-12H,(H,23,25)/b17-12-. The fourth-order valence-electron chi connectivity index (χ4n) is 2.72. The Morgan fingerprint density at radius 3 is 2.59 bits per heavy atom. The minimum Gasteiger partial charge on any atom is -0.422 e. The van der Waals surface area contributed by atoms with Crippen molar-refractivity contribution in [3.05, 3.63) is 86.5 Å². The number of carbonyl (C=O) groups is 3. The first-order valence-electron chi connectivity index (χ1n) is 8.50. The highest BCUT2D eigenvalue weighted by Crippen LogP contribution is 2.24. The third kappa shape index (κ3) is 4.13. The van der Waals surface area contributed by atoms with Crippen LogP contribution in [0.1, 0.15) is 15.2 Å². The minimum atomic E-state index is -0.501. The minimum absolute atomic E-state index is 0.00495. The maximum atomic E-state index is 12.7. The number of esters is 1.